The third kappa shape index (κ3) is 10.5. The van der Waals surface area contributed by atoms with Gasteiger partial charge in [0.2, 0.25) is 0 Å². The molecule has 0 aliphatic heterocycles. The van der Waals surface area contributed by atoms with E-state index in [1.165, 1.54) is 5.56 Å². The molecule has 0 heterocycles. The Morgan fingerprint density at radius 3 is 2.10 bits per heavy atom. The van der Waals surface area contributed by atoms with E-state index in [1.54, 1.807) is 7.11 Å². The van der Waals surface area contributed by atoms with Crippen LogP contribution in [0.2, 0.25) is 18.1 Å². The summed E-state index contributed by atoms with van der Waals surface area (Å²) in [5.41, 5.74) is 1.17. The molecule has 0 amide bonds. The minimum Gasteiger partial charge on any atom is -0.497 e. The molecule has 0 bridgehead atoms. The van der Waals surface area contributed by atoms with E-state index in [4.69, 9.17) is 18.6 Å². The average molecular weight is 453 g/mol. The van der Waals surface area contributed by atoms with Gasteiger partial charge >= 0.3 is 0 Å². The van der Waals surface area contributed by atoms with Gasteiger partial charge in [0.1, 0.15) is 5.75 Å². The Bertz CT molecular complexity index is 594. The van der Waals surface area contributed by atoms with Crippen LogP contribution in [-0.2, 0) is 20.5 Å². The molecule has 31 heavy (non-hydrogen) atoms. The van der Waals surface area contributed by atoms with Crippen molar-refractivity contribution in [2.24, 2.45) is 5.92 Å². The number of hydrogen-bond donors (Lipinski definition) is 0. The fourth-order valence-corrected chi connectivity index (χ4v) is 4.47. The highest BCUT2D eigenvalue weighted by Gasteiger charge is 2.37. The zero-order valence-electron chi connectivity index (χ0n) is 21.6. The van der Waals surface area contributed by atoms with Gasteiger partial charge in [-0.25, -0.2) is 0 Å². The first-order valence-corrected chi connectivity index (χ1v) is 14.8. The Morgan fingerprint density at radius 2 is 1.58 bits per heavy atom. The summed E-state index contributed by atoms with van der Waals surface area (Å²) < 4.78 is 23.7. The molecular formula is C26H48O4Si. The second-order valence-electron chi connectivity index (χ2n) is 10.4. The van der Waals surface area contributed by atoms with Gasteiger partial charge in [-0.2, -0.15) is 0 Å². The number of hydrogen-bond acceptors (Lipinski definition) is 4. The predicted octanol–water partition coefficient (Wildman–Crippen LogP) is 7.22. The first kappa shape index (κ1) is 28.2. The van der Waals surface area contributed by atoms with Crippen molar-refractivity contribution >= 4 is 8.32 Å². The largest absolute Gasteiger partial charge is 0.497 e. The molecule has 0 saturated carbocycles. The zero-order valence-corrected chi connectivity index (χ0v) is 22.6. The summed E-state index contributed by atoms with van der Waals surface area (Å²) in [5, 5.41) is 0.264. The molecule has 5 heteroatoms. The van der Waals surface area contributed by atoms with Crippen LogP contribution in [0.4, 0.5) is 0 Å². The molecule has 0 aromatic heterocycles. The molecule has 4 nitrogen and oxygen atoms in total. The Balaban J connectivity index is 2.50. The smallest absolute Gasteiger partial charge is 0.191 e. The zero-order chi connectivity index (χ0) is 23.5. The van der Waals surface area contributed by atoms with Crippen LogP contribution in [-0.4, -0.2) is 41.4 Å². The Hall–Kier alpha value is -0.883. The fraction of sp³-hybridized carbons (Fsp3) is 0.769. The van der Waals surface area contributed by atoms with Crippen LogP contribution in [0.15, 0.2) is 24.3 Å². The lowest BCUT2D eigenvalue weighted by molar-refractivity contribution is -0.0198. The minimum absolute atomic E-state index is 0.215. The normalized spacial score (nSPS) is 15.5. The highest BCUT2D eigenvalue weighted by molar-refractivity contribution is 6.74. The summed E-state index contributed by atoms with van der Waals surface area (Å²) in [6.45, 7) is 17.5. The third-order valence-electron chi connectivity index (χ3n) is 6.66. The van der Waals surface area contributed by atoms with Crippen molar-refractivity contribution < 1.29 is 18.6 Å². The van der Waals surface area contributed by atoms with Crippen molar-refractivity contribution in [3.8, 4) is 5.75 Å². The molecule has 0 saturated heterocycles. The van der Waals surface area contributed by atoms with E-state index in [1.807, 2.05) is 19.2 Å². The van der Waals surface area contributed by atoms with Crippen LogP contribution >= 0.6 is 0 Å². The number of rotatable bonds is 15. The molecule has 0 spiro atoms. The summed E-state index contributed by atoms with van der Waals surface area (Å²) in [6.07, 6.45) is 5.66. The molecule has 0 N–H and O–H groups in total. The number of benzene rings is 1. The van der Waals surface area contributed by atoms with Crippen molar-refractivity contribution in [2.75, 3.05) is 20.8 Å². The molecule has 0 unspecified atom stereocenters. The topological polar surface area (TPSA) is 36.9 Å². The predicted molar refractivity (Wildman–Crippen MR) is 133 cm³/mol. The first-order valence-electron chi connectivity index (χ1n) is 11.9. The van der Waals surface area contributed by atoms with Crippen LogP contribution in [0.25, 0.3) is 0 Å². The van der Waals surface area contributed by atoms with E-state index in [2.05, 4.69) is 59.8 Å². The van der Waals surface area contributed by atoms with Crippen LogP contribution in [0, 0.1) is 5.92 Å². The monoisotopic (exact) mass is 452 g/mol. The summed E-state index contributed by atoms with van der Waals surface area (Å²) in [4.78, 5) is 0. The van der Waals surface area contributed by atoms with Gasteiger partial charge in [0, 0.05) is 13.7 Å². The van der Waals surface area contributed by atoms with Crippen molar-refractivity contribution in [1.82, 2.24) is 0 Å². The Morgan fingerprint density at radius 1 is 0.935 bits per heavy atom. The molecule has 0 radical (unpaired) electrons. The second-order valence-corrected chi connectivity index (χ2v) is 15.2. The van der Waals surface area contributed by atoms with Gasteiger partial charge in [-0.3, -0.25) is 0 Å². The fourth-order valence-electron chi connectivity index (χ4n) is 3.41. The lowest BCUT2D eigenvalue weighted by atomic mass is 9.96. The molecule has 0 aliphatic carbocycles. The van der Waals surface area contributed by atoms with Gasteiger partial charge in [0.25, 0.3) is 0 Å². The average Bonchev–Trinajstić information content (AvgIpc) is 2.71. The van der Waals surface area contributed by atoms with Crippen molar-refractivity contribution in [2.45, 2.75) is 104 Å². The van der Waals surface area contributed by atoms with E-state index in [0.717, 1.165) is 44.5 Å². The van der Waals surface area contributed by atoms with Crippen LogP contribution in [0.5, 0.6) is 5.75 Å². The van der Waals surface area contributed by atoms with Gasteiger partial charge in [-0.1, -0.05) is 53.2 Å². The Kier molecular flexibility index (Phi) is 12.4. The maximum Gasteiger partial charge on any atom is 0.191 e. The summed E-state index contributed by atoms with van der Waals surface area (Å²) in [6, 6.07) is 8.11. The molecule has 180 valence electrons. The SMILES string of the molecule is CCC[C@H](C[C@H](C[C@H](C)CCO[Si](C)(C)C(C)(C)C)OC)OCc1ccc(OC)cc1. The minimum atomic E-state index is -1.67. The quantitative estimate of drug-likeness (QED) is 0.263. The highest BCUT2D eigenvalue weighted by atomic mass is 28.4. The molecule has 1 aromatic carbocycles. The molecular weight excluding hydrogens is 404 g/mol. The molecule has 0 aliphatic rings. The highest BCUT2D eigenvalue weighted by Crippen LogP contribution is 2.36. The van der Waals surface area contributed by atoms with Gasteiger partial charge in [-0.05, 0) is 67.4 Å². The van der Waals surface area contributed by atoms with Crippen LogP contribution in [0.1, 0.15) is 72.3 Å². The standard InChI is InChI=1S/C26H48O4Si/c1-10-11-24(29-20-22-12-14-23(27-6)15-13-22)19-25(28-7)18-21(2)16-17-30-31(8,9)26(3,4)5/h12-15,21,24-25H,10-11,16-20H2,1-9H3/t21-,24-,25+/m1/s1. The van der Waals surface area contributed by atoms with Crippen LogP contribution < -0.4 is 4.74 Å². The van der Waals surface area contributed by atoms with E-state index in [-0.39, 0.29) is 17.2 Å². The molecule has 3 atom stereocenters. The molecule has 1 aromatic rings. The summed E-state index contributed by atoms with van der Waals surface area (Å²) in [7, 11) is 1.85. The number of methoxy groups -OCH3 is 2. The van der Waals surface area contributed by atoms with Gasteiger partial charge in [0.05, 0.1) is 25.9 Å². The van der Waals surface area contributed by atoms with Crippen molar-refractivity contribution in [3.05, 3.63) is 29.8 Å². The van der Waals surface area contributed by atoms with Crippen molar-refractivity contribution in [1.29, 1.82) is 0 Å². The maximum absolute atomic E-state index is 6.37. The summed E-state index contributed by atoms with van der Waals surface area (Å²) in [5.74, 6) is 1.44. The van der Waals surface area contributed by atoms with E-state index in [9.17, 15) is 0 Å². The molecule has 0 fully saturated rings. The van der Waals surface area contributed by atoms with Gasteiger partial charge in [-0.15, -0.1) is 0 Å². The summed E-state index contributed by atoms with van der Waals surface area (Å²) >= 11 is 0. The van der Waals surface area contributed by atoms with E-state index < -0.39 is 8.32 Å². The van der Waals surface area contributed by atoms with E-state index >= 15 is 0 Å². The first-order chi connectivity index (χ1) is 14.5. The maximum atomic E-state index is 6.37. The second kappa shape index (κ2) is 13.6. The van der Waals surface area contributed by atoms with Crippen molar-refractivity contribution in [3.63, 3.8) is 0 Å². The Labute approximate surface area is 193 Å². The van der Waals surface area contributed by atoms with Gasteiger partial charge in [0.15, 0.2) is 8.32 Å². The van der Waals surface area contributed by atoms with E-state index in [0.29, 0.717) is 12.5 Å². The van der Waals surface area contributed by atoms with Crippen LogP contribution in [0.3, 0.4) is 0 Å². The lowest BCUT2D eigenvalue weighted by Gasteiger charge is -2.36. The number of ether oxygens (including phenoxy) is 3. The van der Waals surface area contributed by atoms with Gasteiger partial charge < -0.3 is 18.6 Å². The lowest BCUT2D eigenvalue weighted by Crippen LogP contribution is -2.41. The molecule has 1 rings (SSSR count). The third-order valence-corrected chi connectivity index (χ3v) is 11.2.